The van der Waals surface area contributed by atoms with Crippen LogP contribution in [0.3, 0.4) is 0 Å². The molecule has 6 heteroatoms. The van der Waals surface area contributed by atoms with Crippen molar-refractivity contribution in [2.45, 2.75) is 82.5 Å². The highest BCUT2D eigenvalue weighted by atomic mass is 16.6. The van der Waals surface area contributed by atoms with E-state index in [1.165, 1.54) is 6.42 Å². The molecule has 1 aromatic heterocycles. The Morgan fingerprint density at radius 2 is 2.03 bits per heavy atom. The normalized spacial score (nSPS) is 22.5. The van der Waals surface area contributed by atoms with Crippen molar-refractivity contribution in [2.24, 2.45) is 0 Å². The van der Waals surface area contributed by atoms with Gasteiger partial charge in [-0.15, -0.1) is 0 Å². The molecule has 2 aromatic rings. The van der Waals surface area contributed by atoms with Crippen molar-refractivity contribution in [3.05, 3.63) is 42.1 Å². The molecule has 1 aromatic carbocycles. The first kappa shape index (κ1) is 23.0. The van der Waals surface area contributed by atoms with E-state index in [9.17, 15) is 9.90 Å². The van der Waals surface area contributed by atoms with Gasteiger partial charge in [0.25, 0.3) is 0 Å². The largest absolute Gasteiger partial charge is 0.444 e. The Bertz CT molecular complexity index is 933. The number of nitrogens with one attached hydrogen (secondary N) is 1. The summed E-state index contributed by atoms with van der Waals surface area (Å²) in [5.74, 6) is -0.0882. The molecule has 1 saturated heterocycles. The van der Waals surface area contributed by atoms with Gasteiger partial charge in [-0.3, -0.25) is 4.98 Å². The molecule has 2 atom stereocenters. The van der Waals surface area contributed by atoms with E-state index in [-0.39, 0.29) is 18.1 Å². The number of ether oxygens (including phenoxy) is 1. The Hall–Kier alpha value is -2.18. The van der Waals surface area contributed by atoms with E-state index in [4.69, 9.17) is 9.72 Å². The summed E-state index contributed by atoms with van der Waals surface area (Å²) >= 11 is 0. The van der Waals surface area contributed by atoms with E-state index in [0.717, 1.165) is 48.7 Å². The van der Waals surface area contributed by atoms with E-state index in [1.807, 2.05) is 50.1 Å². The fourth-order valence-corrected chi connectivity index (χ4v) is 5.26. The minimum absolute atomic E-state index is 0.0407. The van der Waals surface area contributed by atoms with Crippen LogP contribution in [0.5, 0.6) is 0 Å². The van der Waals surface area contributed by atoms with Gasteiger partial charge in [0.05, 0.1) is 11.1 Å². The van der Waals surface area contributed by atoms with Crippen LogP contribution in [0.2, 0.25) is 0 Å². The number of fused-ring (bicyclic) bond motifs is 1. The molecule has 32 heavy (non-hydrogen) atoms. The quantitative estimate of drug-likeness (QED) is 0.728. The fourth-order valence-electron chi connectivity index (χ4n) is 5.26. The van der Waals surface area contributed by atoms with Crippen LogP contribution < -0.4 is 5.32 Å². The molecule has 1 saturated carbocycles. The van der Waals surface area contributed by atoms with Crippen molar-refractivity contribution in [2.75, 3.05) is 19.6 Å². The Morgan fingerprint density at radius 3 is 2.78 bits per heavy atom. The molecule has 6 nitrogen and oxygen atoms in total. The number of amides is 1. The highest BCUT2D eigenvalue weighted by Gasteiger charge is 2.42. The molecule has 1 aliphatic heterocycles. The average Bonchev–Trinajstić information content (AvgIpc) is 2.76. The summed E-state index contributed by atoms with van der Waals surface area (Å²) in [5.41, 5.74) is 0.706. The third kappa shape index (κ3) is 5.24. The number of hydrogen-bond donors (Lipinski definition) is 2. The second-order valence-corrected chi connectivity index (χ2v) is 10.4. The van der Waals surface area contributed by atoms with Crippen LogP contribution in [-0.4, -0.2) is 58.0 Å². The Morgan fingerprint density at radius 1 is 1.28 bits per heavy atom. The first-order valence-electron chi connectivity index (χ1n) is 12.0. The highest BCUT2D eigenvalue weighted by Crippen LogP contribution is 2.43. The predicted octanol–water partition coefficient (Wildman–Crippen LogP) is 4.61. The molecule has 0 radical (unpaired) electrons. The molecule has 1 aliphatic carbocycles. The topological polar surface area (TPSA) is 74.7 Å². The van der Waals surface area contributed by atoms with Crippen LogP contribution >= 0.6 is 0 Å². The molecule has 2 unspecified atom stereocenters. The van der Waals surface area contributed by atoms with E-state index in [0.29, 0.717) is 19.5 Å². The predicted molar refractivity (Wildman–Crippen MR) is 127 cm³/mol. The van der Waals surface area contributed by atoms with Crippen molar-refractivity contribution in [1.29, 1.82) is 0 Å². The molecule has 2 N–H and O–H groups in total. The number of aromatic nitrogens is 1. The van der Waals surface area contributed by atoms with E-state index < -0.39 is 11.2 Å². The minimum atomic E-state index is -0.778. The van der Waals surface area contributed by atoms with Gasteiger partial charge >= 0.3 is 6.09 Å². The molecule has 2 aliphatic rings. The van der Waals surface area contributed by atoms with Crippen LogP contribution in [0, 0.1) is 0 Å². The minimum Gasteiger partial charge on any atom is -0.444 e. The number of carbonyl (C=O) groups is 1. The standard InChI is InChI=1S/C26H37N3O3/c1-25(2,3)32-24(30)29-14-13-27-18-21(29)16-22(26(31)11-7-4-8-12-26)20-15-19-9-5-6-10-23(19)28-17-20/h5-6,9-10,15,17,21-22,27,31H,4,7-8,11-14,16,18H2,1-3H3. The lowest BCUT2D eigenvalue weighted by molar-refractivity contribution is -0.0358. The lowest BCUT2D eigenvalue weighted by atomic mass is 9.70. The number of nitrogens with zero attached hydrogens (tertiary/aromatic N) is 2. The van der Waals surface area contributed by atoms with Gasteiger partial charge in [0, 0.05) is 43.2 Å². The number of piperazine rings is 1. The Balaban J connectivity index is 1.65. The number of carbonyl (C=O) groups excluding carboxylic acids is 1. The lowest BCUT2D eigenvalue weighted by Gasteiger charge is -2.44. The molecule has 1 amide bonds. The van der Waals surface area contributed by atoms with Gasteiger partial charge in [-0.2, -0.15) is 0 Å². The van der Waals surface area contributed by atoms with E-state index >= 15 is 0 Å². The van der Waals surface area contributed by atoms with Gasteiger partial charge in [-0.25, -0.2) is 4.79 Å². The maximum absolute atomic E-state index is 13.0. The molecule has 174 valence electrons. The number of hydrogen-bond acceptors (Lipinski definition) is 5. The molecule has 2 heterocycles. The van der Waals surface area contributed by atoms with Gasteiger partial charge in [0.15, 0.2) is 0 Å². The van der Waals surface area contributed by atoms with Crippen molar-refractivity contribution < 1.29 is 14.6 Å². The fraction of sp³-hybridized carbons (Fsp3) is 0.615. The maximum Gasteiger partial charge on any atom is 0.410 e. The van der Waals surface area contributed by atoms with Crippen molar-refractivity contribution in [3.8, 4) is 0 Å². The van der Waals surface area contributed by atoms with Crippen LogP contribution in [0.4, 0.5) is 4.79 Å². The monoisotopic (exact) mass is 439 g/mol. The van der Waals surface area contributed by atoms with E-state index in [2.05, 4.69) is 17.4 Å². The molecular formula is C26H37N3O3. The molecule has 0 spiro atoms. The molecular weight excluding hydrogens is 402 g/mol. The lowest BCUT2D eigenvalue weighted by Crippen LogP contribution is -2.56. The van der Waals surface area contributed by atoms with Crippen molar-refractivity contribution in [1.82, 2.24) is 15.2 Å². The third-order valence-electron chi connectivity index (χ3n) is 6.87. The van der Waals surface area contributed by atoms with Gasteiger partial charge < -0.3 is 20.1 Å². The van der Waals surface area contributed by atoms with Gasteiger partial charge in [-0.1, -0.05) is 37.5 Å². The number of para-hydroxylation sites is 1. The number of aliphatic hydroxyl groups is 1. The molecule has 2 fully saturated rings. The molecule has 0 bridgehead atoms. The summed E-state index contributed by atoms with van der Waals surface area (Å²) in [6, 6.07) is 10.2. The Labute approximate surface area is 191 Å². The maximum atomic E-state index is 13.0. The smallest absolute Gasteiger partial charge is 0.410 e. The zero-order valence-corrected chi connectivity index (χ0v) is 19.6. The number of pyridine rings is 1. The van der Waals surface area contributed by atoms with Crippen LogP contribution in [-0.2, 0) is 4.74 Å². The average molecular weight is 440 g/mol. The molecule has 4 rings (SSSR count). The van der Waals surface area contributed by atoms with E-state index in [1.54, 1.807) is 0 Å². The number of rotatable bonds is 4. The summed E-state index contributed by atoms with van der Waals surface area (Å²) < 4.78 is 5.71. The summed E-state index contributed by atoms with van der Waals surface area (Å²) in [6.07, 6.45) is 7.15. The van der Waals surface area contributed by atoms with Gasteiger partial charge in [-0.05, 0) is 57.7 Å². The van der Waals surface area contributed by atoms with Crippen LogP contribution in [0.15, 0.2) is 36.5 Å². The summed E-state index contributed by atoms with van der Waals surface area (Å²) in [4.78, 5) is 19.5. The van der Waals surface area contributed by atoms with Gasteiger partial charge in [0.1, 0.15) is 5.60 Å². The zero-order valence-electron chi connectivity index (χ0n) is 19.6. The highest BCUT2D eigenvalue weighted by molar-refractivity contribution is 5.79. The summed E-state index contributed by atoms with van der Waals surface area (Å²) in [5, 5.41) is 16.3. The Kier molecular flexibility index (Phi) is 6.72. The third-order valence-corrected chi connectivity index (χ3v) is 6.87. The van der Waals surface area contributed by atoms with Crippen molar-refractivity contribution >= 4 is 17.0 Å². The number of benzene rings is 1. The second-order valence-electron chi connectivity index (χ2n) is 10.4. The van der Waals surface area contributed by atoms with Crippen LogP contribution in [0.1, 0.15) is 70.8 Å². The van der Waals surface area contributed by atoms with Crippen LogP contribution in [0.25, 0.3) is 10.9 Å². The van der Waals surface area contributed by atoms with Gasteiger partial charge in [0.2, 0.25) is 0 Å². The van der Waals surface area contributed by atoms with Crippen molar-refractivity contribution in [3.63, 3.8) is 0 Å². The first-order valence-corrected chi connectivity index (χ1v) is 12.0. The first-order chi connectivity index (χ1) is 15.3. The second kappa shape index (κ2) is 9.36. The summed E-state index contributed by atoms with van der Waals surface area (Å²) in [6.45, 7) is 7.76. The summed E-state index contributed by atoms with van der Waals surface area (Å²) in [7, 11) is 0. The SMILES string of the molecule is CC(C)(C)OC(=O)N1CCNCC1CC(c1cnc2ccccc2c1)C1(O)CCCCC1. The zero-order chi connectivity index (χ0) is 22.8.